The van der Waals surface area contributed by atoms with Gasteiger partial charge in [-0.05, 0) is 37.8 Å². The molecule has 1 atom stereocenters. The summed E-state index contributed by atoms with van der Waals surface area (Å²) in [7, 11) is 0. The van der Waals surface area contributed by atoms with E-state index >= 15 is 0 Å². The standard InChI is InChI=1S/C15H22F3N/c1-2-11-19-14(12-15(16,17)18)10-6-9-13-7-4-3-5-8-13/h3-5,7-8,14,19H,2,6,9-12H2,1H3. The van der Waals surface area contributed by atoms with E-state index in [0.29, 0.717) is 13.0 Å². The van der Waals surface area contributed by atoms with Crippen molar-refractivity contribution >= 4 is 0 Å². The highest BCUT2D eigenvalue weighted by molar-refractivity contribution is 5.14. The predicted molar refractivity (Wildman–Crippen MR) is 72.1 cm³/mol. The Balaban J connectivity index is 2.35. The zero-order valence-electron chi connectivity index (χ0n) is 11.3. The van der Waals surface area contributed by atoms with E-state index in [0.717, 1.165) is 19.3 Å². The quantitative estimate of drug-likeness (QED) is 0.743. The number of hydrogen-bond donors (Lipinski definition) is 1. The third-order valence-electron chi connectivity index (χ3n) is 3.02. The fourth-order valence-corrected chi connectivity index (χ4v) is 2.10. The Morgan fingerprint density at radius 3 is 2.42 bits per heavy atom. The Morgan fingerprint density at radius 1 is 1.16 bits per heavy atom. The van der Waals surface area contributed by atoms with E-state index in [2.05, 4.69) is 5.32 Å². The summed E-state index contributed by atoms with van der Waals surface area (Å²) in [5, 5.41) is 2.99. The van der Waals surface area contributed by atoms with Crippen LogP contribution in [0.5, 0.6) is 0 Å². The predicted octanol–water partition coefficient (Wildman–Crippen LogP) is 4.33. The molecular weight excluding hydrogens is 251 g/mol. The zero-order chi connectivity index (χ0) is 14.1. The maximum atomic E-state index is 12.4. The number of aryl methyl sites for hydroxylation is 1. The van der Waals surface area contributed by atoms with Gasteiger partial charge in [0, 0.05) is 6.04 Å². The number of hydrogen-bond acceptors (Lipinski definition) is 1. The van der Waals surface area contributed by atoms with Crippen LogP contribution in [-0.2, 0) is 6.42 Å². The number of halogens is 3. The molecule has 0 aliphatic carbocycles. The minimum absolute atomic E-state index is 0.455. The highest BCUT2D eigenvalue weighted by atomic mass is 19.4. The van der Waals surface area contributed by atoms with Gasteiger partial charge in [0.2, 0.25) is 0 Å². The third-order valence-corrected chi connectivity index (χ3v) is 3.02. The highest BCUT2D eigenvalue weighted by Gasteiger charge is 2.31. The van der Waals surface area contributed by atoms with Crippen LogP contribution in [0.1, 0.15) is 38.2 Å². The lowest BCUT2D eigenvalue weighted by Gasteiger charge is -2.20. The van der Waals surface area contributed by atoms with E-state index in [1.807, 2.05) is 37.3 Å². The summed E-state index contributed by atoms with van der Waals surface area (Å²) in [4.78, 5) is 0. The van der Waals surface area contributed by atoms with Crippen LogP contribution >= 0.6 is 0 Å². The van der Waals surface area contributed by atoms with Gasteiger partial charge in [0.15, 0.2) is 0 Å². The van der Waals surface area contributed by atoms with Crippen LogP contribution in [0.4, 0.5) is 13.2 Å². The molecular formula is C15H22F3N. The summed E-state index contributed by atoms with van der Waals surface area (Å²) in [6.45, 7) is 2.60. The van der Waals surface area contributed by atoms with Crippen molar-refractivity contribution in [3.63, 3.8) is 0 Å². The van der Waals surface area contributed by atoms with Gasteiger partial charge < -0.3 is 5.32 Å². The molecule has 0 saturated carbocycles. The Labute approximate surface area is 113 Å². The van der Waals surface area contributed by atoms with Gasteiger partial charge in [0.1, 0.15) is 0 Å². The summed E-state index contributed by atoms with van der Waals surface area (Å²) in [6, 6.07) is 9.42. The SMILES string of the molecule is CCCNC(CCCc1ccccc1)CC(F)(F)F. The Morgan fingerprint density at radius 2 is 1.84 bits per heavy atom. The third kappa shape index (κ3) is 7.88. The van der Waals surface area contributed by atoms with Crippen LogP contribution in [0.15, 0.2) is 30.3 Å². The first-order valence-electron chi connectivity index (χ1n) is 6.85. The van der Waals surface area contributed by atoms with Gasteiger partial charge in [-0.15, -0.1) is 0 Å². The first kappa shape index (κ1) is 16.0. The molecule has 1 nitrogen and oxygen atoms in total. The molecule has 0 spiro atoms. The second-order valence-electron chi connectivity index (χ2n) is 4.85. The molecule has 4 heteroatoms. The monoisotopic (exact) mass is 273 g/mol. The fourth-order valence-electron chi connectivity index (χ4n) is 2.10. The maximum Gasteiger partial charge on any atom is 0.390 e. The van der Waals surface area contributed by atoms with Gasteiger partial charge in [-0.25, -0.2) is 0 Å². The van der Waals surface area contributed by atoms with Gasteiger partial charge in [0.25, 0.3) is 0 Å². The summed E-state index contributed by atoms with van der Waals surface area (Å²) in [6.07, 6.45) is -1.79. The summed E-state index contributed by atoms with van der Waals surface area (Å²) < 4.78 is 37.3. The van der Waals surface area contributed by atoms with E-state index in [9.17, 15) is 13.2 Å². The van der Waals surface area contributed by atoms with Crippen molar-refractivity contribution < 1.29 is 13.2 Å². The van der Waals surface area contributed by atoms with Gasteiger partial charge in [-0.3, -0.25) is 0 Å². The molecule has 0 saturated heterocycles. The Bertz CT molecular complexity index is 335. The molecule has 0 aliphatic heterocycles. The van der Waals surface area contributed by atoms with Crippen molar-refractivity contribution in [1.82, 2.24) is 5.32 Å². The maximum absolute atomic E-state index is 12.4. The second kappa shape index (κ2) is 8.20. The van der Waals surface area contributed by atoms with Gasteiger partial charge >= 0.3 is 6.18 Å². The van der Waals surface area contributed by atoms with Crippen LogP contribution in [0.25, 0.3) is 0 Å². The molecule has 1 unspecified atom stereocenters. The van der Waals surface area contributed by atoms with Crippen molar-refractivity contribution in [2.75, 3.05) is 6.54 Å². The topological polar surface area (TPSA) is 12.0 Å². The lowest BCUT2D eigenvalue weighted by Crippen LogP contribution is -2.34. The van der Waals surface area contributed by atoms with Crippen molar-refractivity contribution in [3.05, 3.63) is 35.9 Å². The summed E-state index contributed by atoms with van der Waals surface area (Å²) in [5.41, 5.74) is 1.18. The van der Waals surface area contributed by atoms with Crippen LogP contribution in [0.3, 0.4) is 0 Å². The van der Waals surface area contributed by atoms with Crippen molar-refractivity contribution in [3.8, 4) is 0 Å². The second-order valence-corrected chi connectivity index (χ2v) is 4.85. The molecule has 0 heterocycles. The van der Waals surface area contributed by atoms with E-state index in [1.165, 1.54) is 5.56 Å². The molecule has 1 aromatic carbocycles. The first-order chi connectivity index (χ1) is 9.01. The first-order valence-corrected chi connectivity index (χ1v) is 6.85. The average Bonchev–Trinajstić information content (AvgIpc) is 2.35. The number of rotatable bonds is 8. The zero-order valence-corrected chi connectivity index (χ0v) is 11.3. The molecule has 1 N–H and O–H groups in total. The molecule has 19 heavy (non-hydrogen) atoms. The molecule has 0 radical (unpaired) electrons. The van der Waals surface area contributed by atoms with Gasteiger partial charge in [-0.2, -0.15) is 13.2 Å². The molecule has 0 fully saturated rings. The van der Waals surface area contributed by atoms with Crippen molar-refractivity contribution in [2.45, 2.75) is 51.2 Å². The van der Waals surface area contributed by atoms with Crippen molar-refractivity contribution in [2.24, 2.45) is 0 Å². The highest BCUT2D eigenvalue weighted by Crippen LogP contribution is 2.23. The normalized spacial score (nSPS) is 13.5. The summed E-state index contributed by atoms with van der Waals surface area (Å²) >= 11 is 0. The molecule has 108 valence electrons. The molecule has 0 bridgehead atoms. The lowest BCUT2D eigenvalue weighted by molar-refractivity contribution is -0.140. The minimum Gasteiger partial charge on any atom is -0.314 e. The van der Waals surface area contributed by atoms with E-state index in [-0.39, 0.29) is 0 Å². The smallest absolute Gasteiger partial charge is 0.314 e. The molecule has 0 aliphatic rings. The number of alkyl halides is 3. The Kier molecular flexibility index (Phi) is 6.92. The average molecular weight is 273 g/mol. The van der Waals surface area contributed by atoms with E-state index < -0.39 is 18.6 Å². The van der Waals surface area contributed by atoms with E-state index in [1.54, 1.807) is 0 Å². The fraction of sp³-hybridized carbons (Fsp3) is 0.600. The van der Waals surface area contributed by atoms with Crippen molar-refractivity contribution in [1.29, 1.82) is 0 Å². The lowest BCUT2D eigenvalue weighted by atomic mass is 10.0. The molecule has 1 aromatic rings. The van der Waals surface area contributed by atoms with Crippen LogP contribution in [-0.4, -0.2) is 18.8 Å². The largest absolute Gasteiger partial charge is 0.390 e. The van der Waals surface area contributed by atoms with Crippen LogP contribution in [0, 0.1) is 0 Å². The molecule has 1 rings (SSSR count). The number of benzene rings is 1. The molecule has 0 aromatic heterocycles. The van der Waals surface area contributed by atoms with Gasteiger partial charge in [0.05, 0.1) is 6.42 Å². The molecule has 0 amide bonds. The van der Waals surface area contributed by atoms with Gasteiger partial charge in [-0.1, -0.05) is 37.3 Å². The van der Waals surface area contributed by atoms with E-state index in [4.69, 9.17) is 0 Å². The Hall–Kier alpha value is -1.03. The summed E-state index contributed by atoms with van der Waals surface area (Å²) in [5.74, 6) is 0. The van der Waals surface area contributed by atoms with Crippen LogP contribution in [0.2, 0.25) is 0 Å². The minimum atomic E-state index is -4.09. The number of nitrogens with one attached hydrogen (secondary N) is 1. The van der Waals surface area contributed by atoms with Crippen LogP contribution < -0.4 is 5.32 Å².